The highest BCUT2D eigenvalue weighted by molar-refractivity contribution is 5.77. The van der Waals surface area contributed by atoms with Crippen LogP contribution in [0.15, 0.2) is 24.4 Å². The van der Waals surface area contributed by atoms with E-state index >= 15 is 0 Å². The summed E-state index contributed by atoms with van der Waals surface area (Å²) in [5, 5.41) is 18.8. The summed E-state index contributed by atoms with van der Waals surface area (Å²) in [6, 6.07) is 6.25. The smallest absolute Gasteiger partial charge is 0.245 e. The molecule has 2 aliphatic rings. The van der Waals surface area contributed by atoms with Crippen molar-refractivity contribution in [2.45, 2.75) is 64.8 Å². The lowest BCUT2D eigenvalue weighted by molar-refractivity contribution is -0.123. The minimum absolute atomic E-state index is 0.00226. The van der Waals surface area contributed by atoms with E-state index in [0.29, 0.717) is 18.3 Å². The quantitative estimate of drug-likeness (QED) is 0.546. The summed E-state index contributed by atoms with van der Waals surface area (Å²) in [5.41, 5.74) is 2.03. The summed E-state index contributed by atoms with van der Waals surface area (Å²) in [5.74, 6) is 3.03. The number of fused-ring (bicyclic) bond motifs is 1. The third-order valence-electron chi connectivity index (χ3n) is 6.06. The number of carbonyl (C=O) groups excluding carboxylic acids is 1. The summed E-state index contributed by atoms with van der Waals surface area (Å²) < 4.78 is 1.86. The summed E-state index contributed by atoms with van der Waals surface area (Å²) in [7, 11) is 0. The number of nitrogens with zero attached hydrogens (tertiary/aromatic N) is 5. The lowest BCUT2D eigenvalue weighted by Crippen LogP contribution is -2.45. The second-order valence-electron chi connectivity index (χ2n) is 10.3. The Hall–Kier alpha value is -3.10. The van der Waals surface area contributed by atoms with Crippen molar-refractivity contribution in [2.75, 3.05) is 23.3 Å². The number of H-pyrrole nitrogens is 1. The fourth-order valence-corrected chi connectivity index (χ4v) is 4.25. The Morgan fingerprint density at radius 1 is 1.22 bits per heavy atom. The normalized spacial score (nSPS) is 17.7. The van der Waals surface area contributed by atoms with Crippen LogP contribution in [0.4, 0.5) is 17.6 Å². The average molecular weight is 437 g/mol. The van der Waals surface area contributed by atoms with Gasteiger partial charge in [-0.25, -0.2) is 4.52 Å². The number of carbonyl (C=O) groups is 1. The molecular weight excluding hydrogens is 404 g/mol. The third-order valence-corrected chi connectivity index (χ3v) is 6.06. The van der Waals surface area contributed by atoms with E-state index in [1.165, 1.54) is 12.8 Å². The first kappa shape index (κ1) is 20.8. The van der Waals surface area contributed by atoms with E-state index in [4.69, 9.17) is 10.1 Å². The molecule has 0 radical (unpaired) electrons. The maximum atomic E-state index is 12.3. The number of amides is 1. The van der Waals surface area contributed by atoms with Crippen LogP contribution in [0.1, 0.15) is 64.5 Å². The monoisotopic (exact) mass is 436 g/mol. The van der Waals surface area contributed by atoms with Crippen molar-refractivity contribution < 1.29 is 4.79 Å². The van der Waals surface area contributed by atoms with Crippen LogP contribution in [0.3, 0.4) is 0 Å². The molecule has 3 aromatic rings. The van der Waals surface area contributed by atoms with Gasteiger partial charge in [-0.3, -0.25) is 9.89 Å². The lowest BCUT2D eigenvalue weighted by Gasteiger charge is -2.33. The van der Waals surface area contributed by atoms with Gasteiger partial charge in [-0.2, -0.15) is 10.1 Å². The van der Waals surface area contributed by atoms with Gasteiger partial charge in [0.2, 0.25) is 11.9 Å². The van der Waals surface area contributed by atoms with Gasteiger partial charge in [0.15, 0.2) is 5.82 Å². The van der Waals surface area contributed by atoms with E-state index in [2.05, 4.69) is 52.6 Å². The second-order valence-corrected chi connectivity index (χ2v) is 10.3. The standard InChI is InChI=1S/C23H32N8O/c1-23(2,3)14-20(32)24-16-8-11-30(12-9-16)22-26-21(18-5-4-10-31(18)29-22)25-19-13-17(27-28-19)15-6-7-15/h4-5,10,13,15-16H,6-9,11-12,14H2,1-3H3,(H,24,32)(H2,25,26,27,28,29). The third kappa shape index (κ3) is 4.71. The number of anilines is 3. The molecule has 1 saturated carbocycles. The zero-order valence-electron chi connectivity index (χ0n) is 19.1. The largest absolute Gasteiger partial charge is 0.353 e. The molecule has 5 rings (SSSR count). The van der Waals surface area contributed by atoms with E-state index in [1.54, 1.807) is 0 Å². The van der Waals surface area contributed by atoms with Gasteiger partial charge in [0.05, 0.1) is 5.69 Å². The Morgan fingerprint density at radius 2 is 2.00 bits per heavy atom. The highest BCUT2D eigenvalue weighted by Gasteiger charge is 2.27. The molecule has 3 N–H and O–H groups in total. The number of hydrogen-bond donors (Lipinski definition) is 3. The Labute approximate surface area is 188 Å². The first-order valence-corrected chi connectivity index (χ1v) is 11.6. The highest BCUT2D eigenvalue weighted by Crippen LogP contribution is 2.39. The fourth-order valence-electron chi connectivity index (χ4n) is 4.25. The number of hydrogen-bond acceptors (Lipinski definition) is 6. The van der Waals surface area contributed by atoms with Crippen LogP contribution < -0.4 is 15.5 Å². The van der Waals surface area contributed by atoms with Gasteiger partial charge in [-0.15, -0.1) is 5.10 Å². The van der Waals surface area contributed by atoms with Gasteiger partial charge >= 0.3 is 0 Å². The van der Waals surface area contributed by atoms with E-state index < -0.39 is 0 Å². The van der Waals surface area contributed by atoms with Crippen LogP contribution in [0, 0.1) is 5.41 Å². The molecule has 1 amide bonds. The Bertz CT molecular complexity index is 1100. The number of rotatable bonds is 6. The van der Waals surface area contributed by atoms with Crippen LogP contribution in [0.2, 0.25) is 0 Å². The molecule has 9 nitrogen and oxygen atoms in total. The van der Waals surface area contributed by atoms with Crippen molar-refractivity contribution in [3.63, 3.8) is 0 Å². The lowest BCUT2D eigenvalue weighted by atomic mass is 9.91. The second kappa shape index (κ2) is 8.11. The van der Waals surface area contributed by atoms with Gasteiger partial charge in [-0.05, 0) is 43.2 Å². The number of aromatic amines is 1. The topological polar surface area (TPSA) is 103 Å². The van der Waals surface area contributed by atoms with Gasteiger partial charge in [-0.1, -0.05) is 20.8 Å². The molecule has 1 aliphatic carbocycles. The van der Waals surface area contributed by atoms with Gasteiger partial charge < -0.3 is 15.5 Å². The molecule has 32 heavy (non-hydrogen) atoms. The van der Waals surface area contributed by atoms with Crippen molar-refractivity contribution in [1.29, 1.82) is 0 Å². The van der Waals surface area contributed by atoms with Crippen molar-refractivity contribution >= 4 is 29.0 Å². The van der Waals surface area contributed by atoms with Gasteiger partial charge in [0.25, 0.3) is 0 Å². The Morgan fingerprint density at radius 3 is 2.72 bits per heavy atom. The first-order valence-electron chi connectivity index (χ1n) is 11.6. The van der Waals surface area contributed by atoms with Crippen LogP contribution in [0.25, 0.3) is 5.52 Å². The van der Waals surface area contributed by atoms with Gasteiger partial charge in [0.1, 0.15) is 11.3 Å². The van der Waals surface area contributed by atoms with E-state index in [0.717, 1.165) is 48.8 Å². The molecule has 0 unspecified atom stereocenters. The molecule has 0 atom stereocenters. The van der Waals surface area contributed by atoms with Crippen molar-refractivity contribution in [2.24, 2.45) is 5.41 Å². The van der Waals surface area contributed by atoms with E-state index in [9.17, 15) is 4.79 Å². The number of nitrogens with one attached hydrogen (secondary N) is 3. The minimum Gasteiger partial charge on any atom is -0.353 e. The molecule has 1 aliphatic heterocycles. The number of aromatic nitrogens is 5. The van der Waals surface area contributed by atoms with Crippen molar-refractivity contribution in [3.8, 4) is 0 Å². The summed E-state index contributed by atoms with van der Waals surface area (Å²) in [6.07, 6.45) is 6.70. The summed E-state index contributed by atoms with van der Waals surface area (Å²) >= 11 is 0. The fraction of sp³-hybridized carbons (Fsp3) is 0.565. The molecule has 4 heterocycles. The number of piperidine rings is 1. The van der Waals surface area contributed by atoms with Crippen LogP contribution in [-0.4, -0.2) is 49.8 Å². The van der Waals surface area contributed by atoms with E-state index in [-0.39, 0.29) is 17.4 Å². The molecule has 170 valence electrons. The summed E-state index contributed by atoms with van der Waals surface area (Å²) in [6.45, 7) is 7.88. The predicted octanol–water partition coefficient (Wildman–Crippen LogP) is 3.59. The van der Waals surface area contributed by atoms with Crippen molar-refractivity contribution in [3.05, 3.63) is 30.1 Å². The predicted molar refractivity (Wildman–Crippen MR) is 124 cm³/mol. The van der Waals surface area contributed by atoms with E-state index in [1.807, 2.05) is 22.8 Å². The first-order chi connectivity index (χ1) is 15.3. The van der Waals surface area contributed by atoms with Crippen LogP contribution in [0.5, 0.6) is 0 Å². The molecule has 1 saturated heterocycles. The van der Waals surface area contributed by atoms with Crippen LogP contribution >= 0.6 is 0 Å². The molecule has 0 aromatic carbocycles. The van der Waals surface area contributed by atoms with Crippen molar-refractivity contribution in [1.82, 2.24) is 30.1 Å². The SMILES string of the molecule is CC(C)(C)CC(=O)NC1CCN(c2nc(Nc3cc(C4CC4)n[nH]3)c3cccn3n2)CC1. The highest BCUT2D eigenvalue weighted by atomic mass is 16.1. The molecule has 2 fully saturated rings. The molecule has 0 spiro atoms. The van der Waals surface area contributed by atoms with Crippen LogP contribution in [-0.2, 0) is 4.79 Å². The maximum absolute atomic E-state index is 12.3. The molecule has 9 heteroatoms. The summed E-state index contributed by atoms with van der Waals surface area (Å²) in [4.78, 5) is 19.3. The molecule has 0 bridgehead atoms. The zero-order valence-corrected chi connectivity index (χ0v) is 19.1. The minimum atomic E-state index is 0.00226. The average Bonchev–Trinajstić information content (AvgIpc) is 3.28. The van der Waals surface area contributed by atoms with Gasteiger partial charge in [0, 0.05) is 43.7 Å². The Kier molecular flexibility index (Phi) is 5.27. The molecule has 3 aromatic heterocycles. The zero-order chi connectivity index (χ0) is 22.3. The Balaban J connectivity index is 1.27. The molecular formula is C23H32N8O. The maximum Gasteiger partial charge on any atom is 0.245 e.